The van der Waals surface area contributed by atoms with E-state index in [1.807, 2.05) is 6.92 Å². The van der Waals surface area contributed by atoms with Gasteiger partial charge in [-0.15, -0.1) is 23.7 Å². The minimum Gasteiger partial charge on any atom is -0.344 e. The lowest BCUT2D eigenvalue weighted by molar-refractivity contribution is 0.0935. The summed E-state index contributed by atoms with van der Waals surface area (Å²) in [6.45, 7) is 2.33. The van der Waals surface area contributed by atoms with E-state index in [-0.39, 0.29) is 29.3 Å². The van der Waals surface area contributed by atoms with Gasteiger partial charge in [0.25, 0.3) is 5.91 Å². The maximum absolute atomic E-state index is 12.2. The smallest absolute Gasteiger partial charge is 0.271 e. The van der Waals surface area contributed by atoms with E-state index < -0.39 is 9.84 Å². The summed E-state index contributed by atoms with van der Waals surface area (Å²) in [5, 5.41) is 5.39. The molecule has 0 radical (unpaired) electrons. The number of carbonyl (C=O) groups is 1. The first-order valence-corrected chi connectivity index (χ1v) is 9.83. The monoisotopic (exact) mass is 389 g/mol. The first-order chi connectivity index (χ1) is 10.8. The molecule has 0 spiro atoms. The van der Waals surface area contributed by atoms with E-state index >= 15 is 0 Å². The van der Waals surface area contributed by atoms with E-state index in [9.17, 15) is 13.2 Å². The van der Waals surface area contributed by atoms with Gasteiger partial charge in [0.05, 0.1) is 15.9 Å². The van der Waals surface area contributed by atoms with E-state index in [0.29, 0.717) is 18.7 Å². The lowest BCUT2D eigenvalue weighted by Gasteiger charge is -2.13. The minimum atomic E-state index is -3.22. The Bertz CT molecular complexity index is 789. The van der Waals surface area contributed by atoms with Crippen molar-refractivity contribution >= 4 is 39.5 Å². The van der Waals surface area contributed by atoms with Crippen LogP contribution in [0.3, 0.4) is 0 Å². The van der Waals surface area contributed by atoms with Crippen LogP contribution in [0.5, 0.6) is 0 Å². The highest BCUT2D eigenvalue weighted by Crippen LogP contribution is 2.17. The second-order valence-corrected chi connectivity index (χ2v) is 8.16. The Labute approximate surface area is 151 Å². The first-order valence-electron chi connectivity index (χ1n) is 7.06. The Balaban J connectivity index is 0.00000288. The topological polar surface area (TPSA) is 102 Å². The predicted octanol–water partition coefficient (Wildman–Crippen LogP) is 1.96. The Kier molecular flexibility index (Phi) is 7.34. The van der Waals surface area contributed by atoms with Crippen molar-refractivity contribution < 1.29 is 13.2 Å². The molecule has 0 saturated carbocycles. The molecule has 3 N–H and O–H groups in total. The molecule has 0 aliphatic carbocycles. The molecule has 1 atom stereocenters. The quantitative estimate of drug-likeness (QED) is 0.786. The van der Waals surface area contributed by atoms with Gasteiger partial charge in [-0.25, -0.2) is 13.4 Å². The number of carbonyl (C=O) groups excluding carboxylic acids is 1. The van der Waals surface area contributed by atoms with Gasteiger partial charge in [-0.3, -0.25) is 4.79 Å². The van der Waals surface area contributed by atoms with Gasteiger partial charge in [0, 0.05) is 18.1 Å². The van der Waals surface area contributed by atoms with E-state index in [4.69, 9.17) is 5.73 Å². The molecular formula is C15H20ClN3O3S2. The van der Waals surface area contributed by atoms with Gasteiger partial charge in [0.15, 0.2) is 9.84 Å². The fourth-order valence-electron chi connectivity index (χ4n) is 2.01. The maximum Gasteiger partial charge on any atom is 0.271 e. The van der Waals surface area contributed by atoms with Crippen LogP contribution < -0.4 is 11.1 Å². The zero-order valence-electron chi connectivity index (χ0n) is 13.4. The van der Waals surface area contributed by atoms with Crippen molar-refractivity contribution in [2.24, 2.45) is 5.73 Å². The maximum atomic E-state index is 12.2. The Morgan fingerprint density at radius 2 is 1.96 bits per heavy atom. The number of rotatable bonds is 6. The molecule has 1 unspecified atom stereocenters. The second kappa shape index (κ2) is 8.57. The van der Waals surface area contributed by atoms with Crippen molar-refractivity contribution in [2.45, 2.75) is 24.3 Å². The fourth-order valence-corrected chi connectivity index (χ4v) is 3.44. The molecule has 0 saturated heterocycles. The number of nitrogens with two attached hydrogens (primary N) is 1. The van der Waals surface area contributed by atoms with Crippen LogP contribution >= 0.6 is 23.7 Å². The normalized spacial score (nSPS) is 12.3. The minimum absolute atomic E-state index is 0. The number of nitrogens with one attached hydrogen (secondary N) is 1. The summed E-state index contributed by atoms with van der Waals surface area (Å²) in [5.74, 6) is -0.260. The van der Waals surface area contributed by atoms with Gasteiger partial charge in [0.2, 0.25) is 0 Å². The van der Waals surface area contributed by atoms with Crippen molar-refractivity contribution in [2.75, 3.05) is 12.8 Å². The van der Waals surface area contributed by atoms with Crippen LogP contribution in [0.25, 0.3) is 0 Å². The highest BCUT2D eigenvalue weighted by atomic mass is 35.5. The number of amides is 1. The molecule has 6 nitrogen and oxygen atoms in total. The molecule has 2 aromatic rings. The van der Waals surface area contributed by atoms with Crippen molar-refractivity contribution in [1.29, 1.82) is 0 Å². The molecule has 0 aliphatic rings. The van der Waals surface area contributed by atoms with Crippen molar-refractivity contribution in [3.05, 3.63) is 45.9 Å². The van der Waals surface area contributed by atoms with Crippen molar-refractivity contribution in [3.8, 4) is 0 Å². The molecule has 0 bridgehead atoms. The van der Waals surface area contributed by atoms with Crippen LogP contribution in [-0.2, 0) is 16.3 Å². The first kappa shape index (κ1) is 20.6. The lowest BCUT2D eigenvalue weighted by Crippen LogP contribution is -2.27. The predicted molar refractivity (Wildman–Crippen MR) is 97.6 cm³/mol. The zero-order valence-corrected chi connectivity index (χ0v) is 15.8. The van der Waals surface area contributed by atoms with Gasteiger partial charge in [-0.05, 0) is 31.2 Å². The molecule has 24 heavy (non-hydrogen) atoms. The molecule has 1 amide bonds. The van der Waals surface area contributed by atoms with Crippen LogP contribution in [0.15, 0.2) is 34.5 Å². The van der Waals surface area contributed by atoms with Gasteiger partial charge in [-0.2, -0.15) is 0 Å². The average Bonchev–Trinajstić information content (AvgIpc) is 2.95. The van der Waals surface area contributed by atoms with Gasteiger partial charge < -0.3 is 11.1 Å². The third-order valence-electron chi connectivity index (χ3n) is 3.30. The number of aromatic nitrogens is 1. The number of halogens is 1. The fraction of sp³-hybridized carbons (Fsp3) is 0.333. The highest BCUT2D eigenvalue weighted by molar-refractivity contribution is 7.90. The summed E-state index contributed by atoms with van der Waals surface area (Å²) < 4.78 is 22.9. The number of hydrogen-bond acceptors (Lipinski definition) is 6. The third kappa shape index (κ3) is 5.27. The number of nitrogens with zero attached hydrogens (tertiary/aromatic N) is 1. The molecular weight excluding hydrogens is 370 g/mol. The van der Waals surface area contributed by atoms with Crippen molar-refractivity contribution in [3.63, 3.8) is 0 Å². The van der Waals surface area contributed by atoms with Gasteiger partial charge >= 0.3 is 0 Å². The van der Waals surface area contributed by atoms with E-state index in [2.05, 4.69) is 10.3 Å². The molecule has 0 fully saturated rings. The van der Waals surface area contributed by atoms with Crippen LogP contribution in [-0.4, -0.2) is 32.1 Å². The van der Waals surface area contributed by atoms with E-state index in [1.165, 1.54) is 23.5 Å². The average molecular weight is 390 g/mol. The third-order valence-corrected chi connectivity index (χ3v) is 5.34. The summed E-state index contributed by atoms with van der Waals surface area (Å²) in [5.41, 5.74) is 6.66. The van der Waals surface area contributed by atoms with E-state index in [0.717, 1.165) is 16.8 Å². The lowest BCUT2D eigenvalue weighted by atomic mass is 10.1. The van der Waals surface area contributed by atoms with Crippen LogP contribution in [0.1, 0.15) is 34.0 Å². The number of thiazole rings is 1. The summed E-state index contributed by atoms with van der Waals surface area (Å²) in [6, 6.07) is 6.21. The Morgan fingerprint density at radius 3 is 2.50 bits per heavy atom. The molecule has 1 aromatic carbocycles. The van der Waals surface area contributed by atoms with E-state index in [1.54, 1.807) is 17.5 Å². The van der Waals surface area contributed by atoms with Gasteiger partial charge in [0.1, 0.15) is 5.69 Å². The van der Waals surface area contributed by atoms with Crippen molar-refractivity contribution in [1.82, 2.24) is 10.3 Å². The van der Waals surface area contributed by atoms with Crippen LogP contribution in [0.2, 0.25) is 0 Å². The second-order valence-electron chi connectivity index (χ2n) is 5.20. The standard InChI is InChI=1S/C15H19N3O3S2.ClH/c1-10(11-3-5-12(6-4-11)23(2,20)21)17-15(19)13-9-22-14(18-13)7-8-16;/h3-6,9-10H,7-8,16H2,1-2H3,(H,17,19);1H. The van der Waals surface area contributed by atoms with Gasteiger partial charge in [-0.1, -0.05) is 12.1 Å². The number of hydrogen-bond donors (Lipinski definition) is 2. The zero-order chi connectivity index (χ0) is 17.0. The summed E-state index contributed by atoms with van der Waals surface area (Å²) >= 11 is 1.41. The molecule has 0 aliphatic heterocycles. The number of benzene rings is 1. The molecule has 9 heteroatoms. The summed E-state index contributed by atoms with van der Waals surface area (Å²) in [4.78, 5) is 16.7. The molecule has 1 aromatic heterocycles. The molecule has 2 rings (SSSR count). The SMILES string of the molecule is CC(NC(=O)c1csc(CCN)n1)c1ccc(S(C)(=O)=O)cc1.Cl. The Morgan fingerprint density at radius 1 is 1.33 bits per heavy atom. The summed E-state index contributed by atoms with van der Waals surface area (Å²) in [6.07, 6.45) is 1.81. The van der Waals surface area contributed by atoms with Crippen LogP contribution in [0, 0.1) is 0 Å². The highest BCUT2D eigenvalue weighted by Gasteiger charge is 2.15. The Hall–Kier alpha value is -1.48. The van der Waals surface area contributed by atoms with Crippen LogP contribution in [0.4, 0.5) is 0 Å². The number of sulfone groups is 1. The largest absolute Gasteiger partial charge is 0.344 e. The molecule has 1 heterocycles. The molecule has 132 valence electrons. The summed E-state index contributed by atoms with van der Waals surface area (Å²) in [7, 11) is -3.22.